The van der Waals surface area contributed by atoms with E-state index in [0.29, 0.717) is 43.1 Å². The van der Waals surface area contributed by atoms with E-state index in [9.17, 15) is 13.2 Å². The van der Waals surface area contributed by atoms with Gasteiger partial charge in [0, 0.05) is 37.7 Å². The van der Waals surface area contributed by atoms with Gasteiger partial charge in [-0.1, -0.05) is 12.1 Å². The minimum atomic E-state index is -3.47. The lowest BCUT2D eigenvalue weighted by Gasteiger charge is -2.32. The van der Waals surface area contributed by atoms with Crippen LogP contribution in [0, 0.1) is 0 Å². The van der Waals surface area contributed by atoms with Crippen molar-refractivity contribution < 1.29 is 13.2 Å². The number of carbonyl (C=O) groups is 1. The molecule has 0 atom stereocenters. The quantitative estimate of drug-likeness (QED) is 0.634. The average Bonchev–Trinajstić information content (AvgIpc) is 3.28. The van der Waals surface area contributed by atoms with Crippen LogP contribution in [0.5, 0.6) is 0 Å². The second-order valence-corrected chi connectivity index (χ2v) is 9.91. The zero-order valence-corrected chi connectivity index (χ0v) is 17.5. The Balaban J connectivity index is 1.61. The Morgan fingerprint density at radius 3 is 2.55 bits per heavy atom. The van der Waals surface area contributed by atoms with E-state index >= 15 is 0 Å². The predicted molar refractivity (Wildman–Crippen MR) is 111 cm³/mol. The molecule has 3 aromatic rings. The molecule has 0 saturated carbocycles. The molecule has 1 saturated heterocycles. The predicted octanol–water partition coefficient (Wildman–Crippen LogP) is 3.02. The number of piperidine rings is 1. The van der Waals surface area contributed by atoms with Crippen molar-refractivity contribution in [2.75, 3.05) is 19.3 Å². The van der Waals surface area contributed by atoms with Crippen LogP contribution in [0.2, 0.25) is 0 Å². The van der Waals surface area contributed by atoms with Gasteiger partial charge in [-0.25, -0.2) is 18.4 Å². The molecule has 4 heterocycles. The average molecular weight is 429 g/mol. The smallest absolute Gasteiger partial charge is 0.263 e. The van der Waals surface area contributed by atoms with Crippen LogP contribution in [0.3, 0.4) is 0 Å². The summed E-state index contributed by atoms with van der Waals surface area (Å²) in [6, 6.07) is 9.12. The van der Waals surface area contributed by atoms with Gasteiger partial charge in [0.2, 0.25) is 0 Å². The minimum absolute atomic E-state index is 0.0265. The molecule has 0 radical (unpaired) electrons. The van der Waals surface area contributed by atoms with Gasteiger partial charge in [-0.3, -0.25) is 9.78 Å². The number of nitrogens with zero attached hydrogens (tertiary/aromatic N) is 4. The number of thiophene rings is 1. The Kier molecular flexibility index (Phi) is 5.42. The van der Waals surface area contributed by atoms with Crippen molar-refractivity contribution in [2.45, 2.75) is 23.7 Å². The zero-order valence-electron chi connectivity index (χ0n) is 15.9. The maximum Gasteiger partial charge on any atom is 0.263 e. The van der Waals surface area contributed by atoms with Crippen molar-refractivity contribution in [2.24, 2.45) is 0 Å². The fourth-order valence-electron chi connectivity index (χ4n) is 3.49. The number of rotatable bonds is 4. The van der Waals surface area contributed by atoms with E-state index in [1.165, 1.54) is 23.8 Å². The highest BCUT2D eigenvalue weighted by Crippen LogP contribution is 2.32. The van der Waals surface area contributed by atoms with Crippen LogP contribution < -0.4 is 0 Å². The van der Waals surface area contributed by atoms with Gasteiger partial charge in [0.15, 0.2) is 15.7 Å². The molecule has 3 aromatic heterocycles. The number of hydrogen-bond donors (Lipinski definition) is 0. The summed E-state index contributed by atoms with van der Waals surface area (Å²) in [6.45, 7) is 1.13. The van der Waals surface area contributed by atoms with Crippen LogP contribution in [0.1, 0.15) is 34.1 Å². The first-order valence-electron chi connectivity index (χ1n) is 9.24. The lowest BCUT2D eigenvalue weighted by atomic mass is 9.93. The van der Waals surface area contributed by atoms with Crippen LogP contribution in [0.15, 0.2) is 53.0 Å². The molecule has 1 amide bonds. The summed E-state index contributed by atoms with van der Waals surface area (Å²) in [6.07, 6.45) is 5.50. The molecule has 0 aliphatic carbocycles. The van der Waals surface area contributed by atoms with Crippen LogP contribution in [-0.2, 0) is 9.84 Å². The number of pyridine rings is 1. The summed E-state index contributed by atoms with van der Waals surface area (Å²) in [5.74, 6) is 0.376. The topological polar surface area (TPSA) is 93.1 Å². The van der Waals surface area contributed by atoms with Gasteiger partial charge >= 0.3 is 0 Å². The van der Waals surface area contributed by atoms with Crippen LogP contribution in [0.4, 0.5) is 0 Å². The molecule has 150 valence electrons. The fourth-order valence-corrected chi connectivity index (χ4v) is 5.02. The molecule has 29 heavy (non-hydrogen) atoms. The number of hydrogen-bond acceptors (Lipinski definition) is 7. The number of aromatic nitrogens is 3. The van der Waals surface area contributed by atoms with Crippen LogP contribution in [-0.4, -0.2) is 53.5 Å². The molecule has 0 N–H and O–H groups in total. The third-order valence-electron chi connectivity index (χ3n) is 4.98. The van der Waals surface area contributed by atoms with Crippen molar-refractivity contribution in [1.29, 1.82) is 0 Å². The highest BCUT2D eigenvalue weighted by molar-refractivity contribution is 7.90. The second-order valence-electron chi connectivity index (χ2n) is 6.97. The highest BCUT2D eigenvalue weighted by Gasteiger charge is 2.30. The molecule has 1 aliphatic rings. The van der Waals surface area contributed by atoms with Crippen LogP contribution in [0.25, 0.3) is 11.5 Å². The number of carbonyl (C=O) groups excluding carboxylic acids is 1. The van der Waals surface area contributed by atoms with E-state index in [1.54, 1.807) is 18.3 Å². The first kappa shape index (κ1) is 19.7. The molecule has 0 unspecified atom stereocenters. The van der Waals surface area contributed by atoms with Gasteiger partial charge in [0.1, 0.15) is 10.6 Å². The van der Waals surface area contributed by atoms with Crippen molar-refractivity contribution in [3.8, 4) is 11.5 Å². The van der Waals surface area contributed by atoms with Gasteiger partial charge in [-0.05, 0) is 36.4 Å². The van der Waals surface area contributed by atoms with Crippen molar-refractivity contribution in [3.05, 3.63) is 58.7 Å². The van der Waals surface area contributed by atoms with E-state index in [1.807, 2.05) is 28.5 Å². The molecule has 0 spiro atoms. The van der Waals surface area contributed by atoms with Crippen molar-refractivity contribution in [1.82, 2.24) is 19.9 Å². The van der Waals surface area contributed by atoms with Crippen LogP contribution >= 0.6 is 11.3 Å². The summed E-state index contributed by atoms with van der Waals surface area (Å²) in [5.41, 5.74) is 1.12. The molecular weight excluding hydrogens is 408 g/mol. The standard InChI is InChI=1S/C20H20N4O3S2/c1-29(26,27)17-13-22-19(15-5-2-3-9-21-15)23-18(17)14-7-10-24(11-8-14)20(25)16-6-4-12-28-16/h2-6,9,12-14H,7-8,10-11H2,1H3. The van der Waals surface area contributed by atoms with Gasteiger partial charge in [0.25, 0.3) is 5.91 Å². The molecule has 1 fully saturated rings. The van der Waals surface area contributed by atoms with E-state index in [4.69, 9.17) is 0 Å². The lowest BCUT2D eigenvalue weighted by Crippen LogP contribution is -2.38. The third kappa shape index (κ3) is 4.20. The first-order valence-corrected chi connectivity index (χ1v) is 12.0. The summed E-state index contributed by atoms with van der Waals surface area (Å²) >= 11 is 1.43. The normalized spacial score (nSPS) is 15.4. The summed E-state index contributed by atoms with van der Waals surface area (Å²) in [4.78, 5) is 28.4. The Morgan fingerprint density at radius 2 is 1.93 bits per heavy atom. The van der Waals surface area contributed by atoms with Gasteiger partial charge in [0.05, 0.1) is 10.6 Å². The molecule has 1 aliphatic heterocycles. The van der Waals surface area contributed by atoms with Gasteiger partial charge < -0.3 is 4.90 Å². The summed E-state index contributed by atoms with van der Waals surface area (Å²) in [5, 5.41) is 1.89. The Labute approximate surface area is 173 Å². The maximum atomic E-state index is 12.6. The van der Waals surface area contributed by atoms with Gasteiger partial charge in [-0.15, -0.1) is 11.3 Å². The number of likely N-dealkylation sites (tertiary alicyclic amines) is 1. The largest absolute Gasteiger partial charge is 0.338 e. The first-order chi connectivity index (χ1) is 13.9. The van der Waals surface area contributed by atoms with E-state index < -0.39 is 9.84 Å². The summed E-state index contributed by atoms with van der Waals surface area (Å²) < 4.78 is 24.6. The zero-order chi connectivity index (χ0) is 20.4. The van der Waals surface area contributed by atoms with Crippen molar-refractivity contribution in [3.63, 3.8) is 0 Å². The maximum absolute atomic E-state index is 12.6. The third-order valence-corrected chi connectivity index (χ3v) is 6.95. The van der Waals surface area contributed by atoms with E-state index in [2.05, 4.69) is 15.0 Å². The molecule has 0 bridgehead atoms. The lowest BCUT2D eigenvalue weighted by molar-refractivity contribution is 0.0716. The van der Waals surface area contributed by atoms with E-state index in [-0.39, 0.29) is 16.7 Å². The number of amides is 1. The Morgan fingerprint density at radius 1 is 1.14 bits per heavy atom. The van der Waals surface area contributed by atoms with E-state index in [0.717, 1.165) is 4.88 Å². The fraction of sp³-hybridized carbons (Fsp3) is 0.300. The molecule has 7 nitrogen and oxygen atoms in total. The highest BCUT2D eigenvalue weighted by atomic mass is 32.2. The number of sulfone groups is 1. The SMILES string of the molecule is CS(=O)(=O)c1cnc(-c2ccccn2)nc1C1CCN(C(=O)c2cccs2)CC1. The molecule has 9 heteroatoms. The summed E-state index contributed by atoms with van der Waals surface area (Å²) in [7, 11) is -3.47. The second kappa shape index (κ2) is 8.00. The minimum Gasteiger partial charge on any atom is -0.338 e. The monoisotopic (exact) mass is 428 g/mol. The Bertz CT molecular complexity index is 1110. The van der Waals surface area contributed by atoms with Crippen molar-refractivity contribution >= 4 is 27.1 Å². The van der Waals surface area contributed by atoms with Gasteiger partial charge in [-0.2, -0.15) is 0 Å². The molecule has 0 aromatic carbocycles. The molecule has 4 rings (SSSR count). The molecular formula is C20H20N4O3S2. The Hall–Kier alpha value is -2.65.